The zero-order valence-electron chi connectivity index (χ0n) is 8.68. The Morgan fingerprint density at radius 2 is 2.29 bits per heavy atom. The van der Waals surface area contributed by atoms with Gasteiger partial charge in [-0.05, 0) is 12.1 Å². The van der Waals surface area contributed by atoms with Gasteiger partial charge >= 0.3 is 5.97 Å². The number of aromatic nitrogens is 1. The van der Waals surface area contributed by atoms with Crippen molar-refractivity contribution in [2.24, 2.45) is 5.73 Å². The van der Waals surface area contributed by atoms with Crippen LogP contribution in [0.3, 0.4) is 0 Å². The lowest BCUT2D eigenvalue weighted by Gasteiger charge is -1.94. The van der Waals surface area contributed by atoms with Crippen molar-refractivity contribution >= 4 is 17.3 Å². The van der Waals surface area contributed by atoms with Crippen LogP contribution >= 0.6 is 11.3 Å². The molecule has 0 atom stereocenters. The van der Waals surface area contributed by atoms with E-state index in [2.05, 4.69) is 4.98 Å². The van der Waals surface area contributed by atoms with Crippen LogP contribution in [0.5, 0.6) is 0 Å². The maximum absolute atomic E-state index is 13.0. The molecule has 88 valence electrons. The summed E-state index contributed by atoms with van der Waals surface area (Å²) in [6, 6.07) is 5.85. The third kappa shape index (κ3) is 2.32. The quantitative estimate of drug-likeness (QED) is 0.877. The molecule has 3 N–H and O–H groups in total. The van der Waals surface area contributed by atoms with Gasteiger partial charge < -0.3 is 10.8 Å². The minimum absolute atomic E-state index is 0.0491. The molecule has 0 aliphatic heterocycles. The average Bonchev–Trinajstić information content (AvgIpc) is 2.73. The van der Waals surface area contributed by atoms with Gasteiger partial charge in [0.15, 0.2) is 0 Å². The molecule has 0 aliphatic carbocycles. The second kappa shape index (κ2) is 4.60. The van der Waals surface area contributed by atoms with Crippen LogP contribution < -0.4 is 5.73 Å². The number of carboxylic acid groups (broad SMARTS) is 1. The van der Waals surface area contributed by atoms with Crippen LogP contribution in [0.15, 0.2) is 24.3 Å². The van der Waals surface area contributed by atoms with E-state index in [0.29, 0.717) is 16.3 Å². The molecule has 6 heteroatoms. The molecule has 0 aliphatic rings. The second-order valence-corrected chi connectivity index (χ2v) is 4.31. The van der Waals surface area contributed by atoms with Crippen molar-refractivity contribution < 1.29 is 14.3 Å². The molecule has 0 unspecified atom stereocenters. The SMILES string of the molecule is NCc1nc(-c2cccc(F)c2)sc1C(=O)O. The number of carboxylic acids is 1. The summed E-state index contributed by atoms with van der Waals surface area (Å²) >= 11 is 0.997. The lowest BCUT2D eigenvalue weighted by Crippen LogP contribution is -2.04. The van der Waals surface area contributed by atoms with Crippen molar-refractivity contribution in [1.29, 1.82) is 0 Å². The first-order valence-corrected chi connectivity index (χ1v) is 5.62. The normalized spacial score (nSPS) is 10.5. The number of aromatic carboxylic acids is 1. The predicted octanol–water partition coefficient (Wildman–Crippen LogP) is 2.11. The summed E-state index contributed by atoms with van der Waals surface area (Å²) in [6.45, 7) is 0.0491. The Kier molecular flexibility index (Phi) is 3.16. The minimum Gasteiger partial charge on any atom is -0.477 e. The fourth-order valence-corrected chi connectivity index (χ4v) is 2.33. The first kappa shape index (κ1) is 11.7. The standard InChI is InChI=1S/C11H9FN2O2S/c12-7-3-1-2-6(4-7)10-14-8(5-13)9(17-10)11(15)16/h1-4H,5,13H2,(H,15,16). The van der Waals surface area contributed by atoms with E-state index in [1.165, 1.54) is 12.1 Å². The fraction of sp³-hybridized carbons (Fsp3) is 0.0909. The van der Waals surface area contributed by atoms with Crippen LogP contribution in [0, 0.1) is 5.82 Å². The Hall–Kier alpha value is -1.79. The van der Waals surface area contributed by atoms with Crippen molar-refractivity contribution in [3.05, 3.63) is 40.7 Å². The smallest absolute Gasteiger partial charge is 0.347 e. The summed E-state index contributed by atoms with van der Waals surface area (Å²) < 4.78 is 13.0. The van der Waals surface area contributed by atoms with Crippen molar-refractivity contribution in [3.8, 4) is 10.6 Å². The number of carbonyl (C=O) groups is 1. The zero-order valence-corrected chi connectivity index (χ0v) is 9.50. The number of hydrogen-bond acceptors (Lipinski definition) is 4. The average molecular weight is 252 g/mol. The topological polar surface area (TPSA) is 76.2 Å². The van der Waals surface area contributed by atoms with Crippen molar-refractivity contribution in [2.75, 3.05) is 0 Å². The summed E-state index contributed by atoms with van der Waals surface area (Å²) in [7, 11) is 0. The molecule has 4 nitrogen and oxygen atoms in total. The van der Waals surface area contributed by atoms with Crippen LogP contribution in [-0.2, 0) is 6.54 Å². The highest BCUT2D eigenvalue weighted by molar-refractivity contribution is 7.17. The minimum atomic E-state index is -1.06. The lowest BCUT2D eigenvalue weighted by molar-refractivity contribution is 0.0700. The molecule has 17 heavy (non-hydrogen) atoms. The van der Waals surface area contributed by atoms with E-state index in [-0.39, 0.29) is 17.2 Å². The predicted molar refractivity (Wildman–Crippen MR) is 62.4 cm³/mol. The second-order valence-electron chi connectivity index (χ2n) is 3.31. The summed E-state index contributed by atoms with van der Waals surface area (Å²) in [5, 5.41) is 9.41. The van der Waals surface area contributed by atoms with Crippen LogP contribution in [0.25, 0.3) is 10.6 Å². The van der Waals surface area contributed by atoms with Gasteiger partial charge in [0, 0.05) is 12.1 Å². The Morgan fingerprint density at radius 1 is 1.53 bits per heavy atom. The van der Waals surface area contributed by atoms with Gasteiger partial charge in [-0.15, -0.1) is 11.3 Å². The number of hydrogen-bond donors (Lipinski definition) is 2. The van der Waals surface area contributed by atoms with E-state index >= 15 is 0 Å². The molecule has 0 radical (unpaired) electrons. The number of nitrogens with two attached hydrogens (primary N) is 1. The van der Waals surface area contributed by atoms with Crippen molar-refractivity contribution in [1.82, 2.24) is 4.98 Å². The largest absolute Gasteiger partial charge is 0.477 e. The van der Waals surface area contributed by atoms with Crippen molar-refractivity contribution in [2.45, 2.75) is 6.54 Å². The molecule has 0 bridgehead atoms. The molecular formula is C11H9FN2O2S. The van der Waals surface area contributed by atoms with Crippen LogP contribution in [0.4, 0.5) is 4.39 Å². The molecule has 0 saturated heterocycles. The highest BCUT2D eigenvalue weighted by Gasteiger charge is 2.17. The first-order chi connectivity index (χ1) is 8.11. The third-order valence-electron chi connectivity index (χ3n) is 2.16. The molecular weight excluding hydrogens is 243 g/mol. The Balaban J connectivity index is 2.50. The molecule has 0 fully saturated rings. The van der Waals surface area contributed by atoms with Gasteiger partial charge in [-0.25, -0.2) is 14.2 Å². The fourth-order valence-electron chi connectivity index (χ4n) is 1.40. The number of halogens is 1. The van der Waals surface area contributed by atoms with Gasteiger partial charge in [-0.2, -0.15) is 0 Å². The highest BCUT2D eigenvalue weighted by atomic mass is 32.1. The van der Waals surface area contributed by atoms with Crippen LogP contribution in [-0.4, -0.2) is 16.1 Å². The number of thiazole rings is 1. The van der Waals surface area contributed by atoms with E-state index in [0.717, 1.165) is 11.3 Å². The Morgan fingerprint density at radius 3 is 2.82 bits per heavy atom. The molecule has 2 aromatic rings. The summed E-state index contributed by atoms with van der Waals surface area (Å²) in [4.78, 5) is 15.1. The lowest BCUT2D eigenvalue weighted by atomic mass is 10.2. The van der Waals surface area contributed by atoms with Gasteiger partial charge in [-0.1, -0.05) is 12.1 Å². The summed E-state index contributed by atoms with van der Waals surface area (Å²) in [5.41, 5.74) is 6.29. The molecule has 0 saturated carbocycles. The molecule has 1 heterocycles. The van der Waals surface area contributed by atoms with Crippen LogP contribution in [0.1, 0.15) is 15.4 Å². The molecule has 0 amide bonds. The molecule has 2 rings (SSSR count). The van der Waals surface area contributed by atoms with Gasteiger partial charge in [0.2, 0.25) is 0 Å². The van der Waals surface area contributed by atoms with E-state index in [1.807, 2.05) is 0 Å². The molecule has 1 aromatic heterocycles. The monoisotopic (exact) mass is 252 g/mol. The maximum atomic E-state index is 13.0. The number of nitrogens with zero attached hydrogens (tertiary/aromatic N) is 1. The Bertz CT molecular complexity index is 568. The maximum Gasteiger partial charge on any atom is 0.347 e. The Labute approximate surface area is 101 Å². The van der Waals surface area contributed by atoms with Crippen LogP contribution in [0.2, 0.25) is 0 Å². The van der Waals surface area contributed by atoms with E-state index < -0.39 is 5.97 Å². The van der Waals surface area contributed by atoms with Crippen molar-refractivity contribution in [3.63, 3.8) is 0 Å². The molecule has 0 spiro atoms. The number of benzene rings is 1. The molecule has 1 aromatic carbocycles. The van der Waals surface area contributed by atoms with Gasteiger partial charge in [-0.3, -0.25) is 0 Å². The highest BCUT2D eigenvalue weighted by Crippen LogP contribution is 2.28. The van der Waals surface area contributed by atoms with Gasteiger partial charge in [0.25, 0.3) is 0 Å². The number of rotatable bonds is 3. The van der Waals surface area contributed by atoms with E-state index in [9.17, 15) is 9.18 Å². The van der Waals surface area contributed by atoms with E-state index in [4.69, 9.17) is 10.8 Å². The van der Waals surface area contributed by atoms with Gasteiger partial charge in [0.05, 0.1) is 5.69 Å². The van der Waals surface area contributed by atoms with E-state index in [1.54, 1.807) is 12.1 Å². The summed E-state index contributed by atoms with van der Waals surface area (Å²) in [5.74, 6) is -1.45. The van der Waals surface area contributed by atoms with Gasteiger partial charge in [0.1, 0.15) is 15.7 Å². The third-order valence-corrected chi connectivity index (χ3v) is 3.29. The first-order valence-electron chi connectivity index (χ1n) is 4.81. The summed E-state index contributed by atoms with van der Waals surface area (Å²) in [6.07, 6.45) is 0. The zero-order chi connectivity index (χ0) is 12.4.